The van der Waals surface area contributed by atoms with Crippen LogP contribution in [0.4, 0.5) is 0 Å². The third-order valence-electron chi connectivity index (χ3n) is 3.34. The van der Waals surface area contributed by atoms with E-state index in [1.54, 1.807) is 0 Å². The molecule has 1 aromatic heterocycles. The van der Waals surface area contributed by atoms with Gasteiger partial charge in [0.1, 0.15) is 11.9 Å². The first-order valence-corrected chi connectivity index (χ1v) is 8.10. The average molecular weight is 310 g/mol. The number of hydrogen-bond donors (Lipinski definition) is 1. The first kappa shape index (κ1) is 15.4. The number of thiophene rings is 1. The van der Waals surface area contributed by atoms with E-state index in [9.17, 15) is 0 Å². The smallest absolute Gasteiger partial charge is 0.148 e. The molecule has 0 bridgehead atoms. The van der Waals surface area contributed by atoms with E-state index in [1.807, 2.05) is 30.3 Å². The molecule has 2 unspecified atom stereocenters. The maximum atomic E-state index is 6.24. The van der Waals surface area contributed by atoms with Gasteiger partial charge in [-0.3, -0.25) is 0 Å². The molecule has 4 heteroatoms. The minimum Gasteiger partial charge on any atom is -0.483 e. The Hall–Kier alpha value is -1.03. The van der Waals surface area contributed by atoms with Gasteiger partial charge in [-0.2, -0.15) is 0 Å². The van der Waals surface area contributed by atoms with Crippen molar-refractivity contribution in [2.24, 2.45) is 5.73 Å². The van der Waals surface area contributed by atoms with Crippen molar-refractivity contribution < 1.29 is 4.74 Å². The van der Waals surface area contributed by atoms with Gasteiger partial charge in [-0.15, -0.1) is 11.3 Å². The van der Waals surface area contributed by atoms with Crippen LogP contribution in [-0.2, 0) is 6.42 Å². The molecule has 0 aliphatic heterocycles. The van der Waals surface area contributed by atoms with Crippen LogP contribution in [0, 0.1) is 0 Å². The number of rotatable bonds is 6. The monoisotopic (exact) mass is 309 g/mol. The highest BCUT2D eigenvalue weighted by Gasteiger charge is 2.23. The summed E-state index contributed by atoms with van der Waals surface area (Å²) < 4.78 is 6.98. The fraction of sp³-hybridized carbons (Fsp3) is 0.375. The molecule has 2 atom stereocenters. The minimum absolute atomic E-state index is 0.0466. The van der Waals surface area contributed by atoms with Crippen molar-refractivity contribution >= 4 is 22.9 Å². The lowest BCUT2D eigenvalue weighted by Gasteiger charge is -2.24. The Kier molecular flexibility index (Phi) is 5.46. The van der Waals surface area contributed by atoms with Crippen LogP contribution in [-0.4, -0.2) is 6.04 Å². The molecule has 1 aromatic carbocycles. The molecule has 2 N–H and O–H groups in total. The number of halogens is 1. The van der Waals surface area contributed by atoms with Crippen LogP contribution in [0.2, 0.25) is 4.34 Å². The van der Waals surface area contributed by atoms with Crippen molar-refractivity contribution in [3.05, 3.63) is 51.2 Å². The number of hydrogen-bond acceptors (Lipinski definition) is 3. The molecule has 108 valence electrons. The van der Waals surface area contributed by atoms with E-state index in [1.165, 1.54) is 16.9 Å². The van der Waals surface area contributed by atoms with Gasteiger partial charge >= 0.3 is 0 Å². The number of ether oxygens (including phenoxy) is 1. The molecule has 0 spiro atoms. The van der Waals surface area contributed by atoms with Crippen LogP contribution in [0.5, 0.6) is 5.75 Å². The normalized spacial score (nSPS) is 14.0. The lowest BCUT2D eigenvalue weighted by Crippen LogP contribution is -2.31. The zero-order chi connectivity index (χ0) is 14.5. The Morgan fingerprint density at radius 2 is 1.95 bits per heavy atom. The number of para-hydroxylation sites is 1. The van der Waals surface area contributed by atoms with Gasteiger partial charge in [0.25, 0.3) is 0 Å². The summed E-state index contributed by atoms with van der Waals surface area (Å²) in [6.45, 7) is 4.20. The van der Waals surface area contributed by atoms with E-state index in [4.69, 9.17) is 22.1 Å². The van der Waals surface area contributed by atoms with Gasteiger partial charge in [-0.25, -0.2) is 0 Å². The van der Waals surface area contributed by atoms with Gasteiger partial charge in [0, 0.05) is 10.9 Å². The van der Waals surface area contributed by atoms with Gasteiger partial charge in [0.2, 0.25) is 0 Å². The predicted molar refractivity (Wildman–Crippen MR) is 86.8 cm³/mol. The maximum Gasteiger partial charge on any atom is 0.148 e. The number of benzene rings is 1. The summed E-state index contributed by atoms with van der Waals surface area (Å²) in [5.74, 6) is 0.911. The van der Waals surface area contributed by atoms with Crippen LogP contribution in [0.15, 0.2) is 36.4 Å². The largest absolute Gasteiger partial charge is 0.483 e. The van der Waals surface area contributed by atoms with Crippen molar-refractivity contribution in [3.8, 4) is 5.75 Å². The van der Waals surface area contributed by atoms with E-state index >= 15 is 0 Å². The van der Waals surface area contributed by atoms with Crippen LogP contribution >= 0.6 is 22.9 Å². The molecule has 0 amide bonds. The standard InChI is InChI=1S/C16H20ClNOS/c1-3-11-7-5-6-8-13(11)19-16(12(18)4-2)14-9-10-15(17)20-14/h5-10,12,16H,3-4,18H2,1-2H3. The second-order valence-electron chi connectivity index (χ2n) is 4.71. The summed E-state index contributed by atoms with van der Waals surface area (Å²) >= 11 is 7.57. The quantitative estimate of drug-likeness (QED) is 0.830. The van der Waals surface area contributed by atoms with Gasteiger partial charge in [0.15, 0.2) is 0 Å². The summed E-state index contributed by atoms with van der Waals surface area (Å²) in [6, 6.07) is 12.0. The van der Waals surface area contributed by atoms with Gasteiger partial charge in [-0.1, -0.05) is 43.6 Å². The zero-order valence-electron chi connectivity index (χ0n) is 11.8. The van der Waals surface area contributed by atoms with Gasteiger partial charge < -0.3 is 10.5 Å². The highest BCUT2D eigenvalue weighted by molar-refractivity contribution is 7.16. The number of aryl methyl sites for hydroxylation is 1. The molecular formula is C16H20ClNOS. The van der Waals surface area contributed by atoms with Crippen LogP contribution in [0.25, 0.3) is 0 Å². The second-order valence-corrected chi connectivity index (χ2v) is 6.46. The highest BCUT2D eigenvalue weighted by atomic mass is 35.5. The zero-order valence-corrected chi connectivity index (χ0v) is 13.4. The summed E-state index contributed by atoms with van der Waals surface area (Å²) in [5, 5.41) is 0. The lowest BCUT2D eigenvalue weighted by molar-refractivity contribution is 0.173. The Morgan fingerprint density at radius 3 is 2.55 bits per heavy atom. The van der Waals surface area contributed by atoms with E-state index in [2.05, 4.69) is 19.9 Å². The SMILES string of the molecule is CCc1ccccc1OC(c1ccc(Cl)s1)C(N)CC. The average Bonchev–Trinajstić information content (AvgIpc) is 2.90. The fourth-order valence-electron chi connectivity index (χ4n) is 2.10. The molecule has 0 saturated carbocycles. The fourth-order valence-corrected chi connectivity index (χ4v) is 3.27. The molecule has 0 fully saturated rings. The van der Waals surface area contributed by atoms with Crippen LogP contribution in [0.3, 0.4) is 0 Å². The molecule has 0 saturated heterocycles. The Balaban J connectivity index is 2.28. The second kappa shape index (κ2) is 7.11. The molecule has 0 radical (unpaired) electrons. The molecule has 20 heavy (non-hydrogen) atoms. The van der Waals surface area contributed by atoms with Crippen molar-refractivity contribution in [1.29, 1.82) is 0 Å². The number of nitrogens with two attached hydrogens (primary N) is 1. The third kappa shape index (κ3) is 3.54. The van der Waals surface area contributed by atoms with E-state index in [-0.39, 0.29) is 12.1 Å². The third-order valence-corrected chi connectivity index (χ3v) is 4.63. The van der Waals surface area contributed by atoms with Crippen molar-refractivity contribution in [3.63, 3.8) is 0 Å². The van der Waals surface area contributed by atoms with E-state index in [0.717, 1.165) is 27.8 Å². The minimum atomic E-state index is -0.148. The molecule has 0 aliphatic carbocycles. The lowest BCUT2D eigenvalue weighted by atomic mass is 10.1. The van der Waals surface area contributed by atoms with Gasteiger partial charge in [-0.05, 0) is 36.6 Å². The van der Waals surface area contributed by atoms with E-state index < -0.39 is 0 Å². The maximum absolute atomic E-state index is 6.24. The molecule has 0 aliphatic rings. The molecular weight excluding hydrogens is 290 g/mol. The Labute approximate surface area is 129 Å². The van der Waals surface area contributed by atoms with Crippen molar-refractivity contribution in [2.75, 3.05) is 0 Å². The predicted octanol–water partition coefficient (Wildman–Crippen LogP) is 4.82. The summed E-state index contributed by atoms with van der Waals surface area (Å²) in [4.78, 5) is 1.08. The summed E-state index contributed by atoms with van der Waals surface area (Å²) in [7, 11) is 0. The topological polar surface area (TPSA) is 35.2 Å². The van der Waals surface area contributed by atoms with Crippen LogP contribution in [0.1, 0.15) is 36.8 Å². The Bertz CT molecular complexity index is 555. The molecule has 2 nitrogen and oxygen atoms in total. The van der Waals surface area contributed by atoms with Gasteiger partial charge in [0.05, 0.1) is 4.34 Å². The highest BCUT2D eigenvalue weighted by Crippen LogP contribution is 2.33. The van der Waals surface area contributed by atoms with Crippen molar-refractivity contribution in [1.82, 2.24) is 0 Å². The van der Waals surface area contributed by atoms with Crippen LogP contribution < -0.4 is 10.5 Å². The summed E-state index contributed by atoms with van der Waals surface area (Å²) in [5.41, 5.74) is 7.43. The first-order valence-electron chi connectivity index (χ1n) is 6.91. The molecule has 1 heterocycles. The molecule has 2 rings (SSSR count). The van der Waals surface area contributed by atoms with E-state index in [0.29, 0.717) is 0 Å². The molecule has 2 aromatic rings. The summed E-state index contributed by atoms with van der Waals surface area (Å²) in [6.07, 6.45) is 1.65. The van der Waals surface area contributed by atoms with Crippen molar-refractivity contribution in [2.45, 2.75) is 38.8 Å². The Morgan fingerprint density at radius 1 is 1.20 bits per heavy atom. The first-order chi connectivity index (χ1) is 9.65.